The van der Waals surface area contributed by atoms with Gasteiger partial charge >= 0.3 is 0 Å². The Bertz CT molecular complexity index is 453. The number of aryl methyl sites for hydroxylation is 1. The molecule has 5 heteroatoms. The first kappa shape index (κ1) is 12.7. The van der Waals surface area contributed by atoms with E-state index < -0.39 is 0 Å². The topological polar surface area (TPSA) is 52.0 Å². The molecule has 0 aromatic carbocycles. The normalized spacial score (nSPS) is 14.8. The van der Waals surface area contributed by atoms with Crippen molar-refractivity contribution in [3.8, 4) is 0 Å². The molecule has 2 unspecified atom stereocenters. The van der Waals surface area contributed by atoms with E-state index in [0.717, 1.165) is 12.1 Å². The van der Waals surface area contributed by atoms with E-state index in [1.165, 1.54) is 5.56 Å². The van der Waals surface area contributed by atoms with Crippen molar-refractivity contribution in [1.82, 2.24) is 4.98 Å². The van der Waals surface area contributed by atoms with Crippen LogP contribution in [0.1, 0.15) is 29.9 Å². The van der Waals surface area contributed by atoms with Gasteiger partial charge < -0.3 is 10.2 Å². The summed E-state index contributed by atoms with van der Waals surface area (Å²) in [5, 5.41) is 5.13. The Hall–Kier alpha value is -0.780. The molecule has 2 atom stereocenters. The van der Waals surface area contributed by atoms with Crippen molar-refractivity contribution in [3.63, 3.8) is 0 Å². The van der Waals surface area contributed by atoms with Crippen LogP contribution in [0, 0.1) is 6.92 Å². The Morgan fingerprint density at radius 3 is 2.94 bits per heavy atom. The van der Waals surface area contributed by atoms with Crippen molar-refractivity contribution in [3.05, 3.63) is 34.3 Å². The fourth-order valence-corrected chi connectivity index (χ4v) is 3.50. The van der Waals surface area contributed by atoms with E-state index in [4.69, 9.17) is 10.2 Å². The molecule has 92 valence electrons. The first-order valence-corrected chi connectivity index (χ1v) is 7.39. The lowest BCUT2D eigenvalue weighted by Gasteiger charge is -2.19. The SMILES string of the molecule is CCC(N)C(Sc1nc(C)co1)c1ccsc1. The van der Waals surface area contributed by atoms with E-state index in [1.807, 2.05) is 6.92 Å². The van der Waals surface area contributed by atoms with Crippen LogP contribution in [0.5, 0.6) is 0 Å². The number of aromatic nitrogens is 1. The standard InChI is InChI=1S/C12H16N2OS2/c1-3-10(13)11(9-4-5-16-7-9)17-12-14-8(2)6-15-12/h4-7,10-11H,3,13H2,1-2H3. The Labute approximate surface area is 109 Å². The van der Waals surface area contributed by atoms with Gasteiger partial charge in [-0.15, -0.1) is 0 Å². The quantitative estimate of drug-likeness (QED) is 0.842. The van der Waals surface area contributed by atoms with Gasteiger partial charge in [-0.25, -0.2) is 4.98 Å². The van der Waals surface area contributed by atoms with Crippen LogP contribution in [0.3, 0.4) is 0 Å². The van der Waals surface area contributed by atoms with Crippen molar-refractivity contribution < 1.29 is 4.42 Å². The molecule has 3 nitrogen and oxygen atoms in total. The van der Waals surface area contributed by atoms with E-state index in [-0.39, 0.29) is 11.3 Å². The maximum absolute atomic E-state index is 6.18. The van der Waals surface area contributed by atoms with Crippen molar-refractivity contribution in [2.24, 2.45) is 5.73 Å². The molecule has 2 aromatic rings. The molecule has 0 amide bonds. The second-order valence-electron chi connectivity index (χ2n) is 3.92. The van der Waals surface area contributed by atoms with Gasteiger partial charge in [0.25, 0.3) is 5.22 Å². The second-order valence-corrected chi connectivity index (χ2v) is 5.79. The highest BCUT2D eigenvalue weighted by molar-refractivity contribution is 7.99. The molecule has 17 heavy (non-hydrogen) atoms. The smallest absolute Gasteiger partial charge is 0.256 e. The number of hydrogen-bond donors (Lipinski definition) is 1. The summed E-state index contributed by atoms with van der Waals surface area (Å²) in [6.07, 6.45) is 2.61. The van der Waals surface area contributed by atoms with Crippen molar-refractivity contribution >= 4 is 23.1 Å². The monoisotopic (exact) mass is 268 g/mol. The number of nitrogens with zero attached hydrogens (tertiary/aromatic N) is 1. The molecule has 0 saturated heterocycles. The summed E-state index contributed by atoms with van der Waals surface area (Å²) in [7, 11) is 0. The second kappa shape index (κ2) is 5.71. The molecule has 2 heterocycles. The molecule has 2 aromatic heterocycles. The predicted octanol–water partition coefficient (Wildman–Crippen LogP) is 3.62. The molecular weight excluding hydrogens is 252 g/mol. The number of hydrogen-bond acceptors (Lipinski definition) is 5. The van der Waals surface area contributed by atoms with Crippen LogP contribution >= 0.6 is 23.1 Å². The van der Waals surface area contributed by atoms with E-state index >= 15 is 0 Å². The third-order valence-electron chi connectivity index (χ3n) is 2.56. The maximum atomic E-state index is 6.18. The van der Waals surface area contributed by atoms with Gasteiger partial charge in [-0.1, -0.05) is 18.7 Å². The minimum absolute atomic E-state index is 0.113. The lowest BCUT2D eigenvalue weighted by molar-refractivity contribution is 0.451. The van der Waals surface area contributed by atoms with Crippen LogP contribution in [0.25, 0.3) is 0 Å². The average molecular weight is 268 g/mol. The molecule has 2 rings (SSSR count). The fraction of sp³-hybridized carbons (Fsp3) is 0.417. The number of oxazole rings is 1. The van der Waals surface area contributed by atoms with Crippen molar-refractivity contribution in [2.75, 3.05) is 0 Å². The minimum atomic E-state index is 0.113. The van der Waals surface area contributed by atoms with Gasteiger partial charge in [-0.05, 0) is 35.7 Å². The zero-order valence-corrected chi connectivity index (χ0v) is 11.6. The lowest BCUT2D eigenvalue weighted by Crippen LogP contribution is -2.25. The Morgan fingerprint density at radius 1 is 1.59 bits per heavy atom. The van der Waals surface area contributed by atoms with Crippen molar-refractivity contribution in [1.29, 1.82) is 0 Å². The van der Waals surface area contributed by atoms with E-state index in [2.05, 4.69) is 28.7 Å². The van der Waals surface area contributed by atoms with Crippen LogP contribution in [0.15, 0.2) is 32.7 Å². The summed E-state index contributed by atoms with van der Waals surface area (Å²) in [5.74, 6) is 0. The highest BCUT2D eigenvalue weighted by Crippen LogP contribution is 2.38. The van der Waals surface area contributed by atoms with Gasteiger partial charge in [0.1, 0.15) is 6.26 Å². The number of nitrogens with two attached hydrogens (primary N) is 1. The van der Waals surface area contributed by atoms with Gasteiger partial charge in [0.15, 0.2) is 0 Å². The zero-order valence-electron chi connectivity index (χ0n) is 9.92. The highest BCUT2D eigenvalue weighted by Gasteiger charge is 2.22. The summed E-state index contributed by atoms with van der Waals surface area (Å²) < 4.78 is 5.39. The van der Waals surface area contributed by atoms with E-state index in [0.29, 0.717) is 5.22 Å². The van der Waals surface area contributed by atoms with Gasteiger partial charge in [-0.3, -0.25) is 0 Å². The molecule has 0 aliphatic carbocycles. The summed E-state index contributed by atoms with van der Waals surface area (Å²) in [6.45, 7) is 4.03. The largest absolute Gasteiger partial charge is 0.440 e. The lowest BCUT2D eigenvalue weighted by atomic mass is 10.1. The molecule has 0 radical (unpaired) electrons. The molecule has 0 aliphatic rings. The highest BCUT2D eigenvalue weighted by atomic mass is 32.2. The van der Waals surface area contributed by atoms with Gasteiger partial charge in [0, 0.05) is 6.04 Å². The predicted molar refractivity (Wildman–Crippen MR) is 72.4 cm³/mol. The van der Waals surface area contributed by atoms with Crippen LogP contribution in [0.4, 0.5) is 0 Å². The van der Waals surface area contributed by atoms with Gasteiger partial charge in [-0.2, -0.15) is 11.3 Å². The first-order chi connectivity index (χ1) is 8.20. The third kappa shape index (κ3) is 3.12. The summed E-state index contributed by atoms with van der Waals surface area (Å²) in [6, 6.07) is 2.23. The first-order valence-electron chi connectivity index (χ1n) is 5.57. The molecule has 0 spiro atoms. The minimum Gasteiger partial charge on any atom is -0.440 e. The van der Waals surface area contributed by atoms with Crippen LogP contribution in [-0.4, -0.2) is 11.0 Å². The Kier molecular flexibility index (Phi) is 4.25. The summed E-state index contributed by atoms with van der Waals surface area (Å²) in [4.78, 5) is 4.32. The van der Waals surface area contributed by atoms with Gasteiger partial charge in [0.2, 0.25) is 0 Å². The molecule has 0 aliphatic heterocycles. The van der Waals surface area contributed by atoms with E-state index in [1.54, 1.807) is 29.4 Å². The fourth-order valence-electron chi connectivity index (χ4n) is 1.55. The van der Waals surface area contributed by atoms with Crippen LogP contribution in [-0.2, 0) is 0 Å². The number of thioether (sulfide) groups is 1. The molecule has 2 N–H and O–H groups in total. The molecule has 0 fully saturated rings. The molecule has 0 bridgehead atoms. The van der Waals surface area contributed by atoms with E-state index in [9.17, 15) is 0 Å². The zero-order chi connectivity index (χ0) is 12.3. The van der Waals surface area contributed by atoms with Crippen LogP contribution < -0.4 is 5.73 Å². The van der Waals surface area contributed by atoms with Gasteiger partial charge in [0.05, 0.1) is 10.9 Å². The summed E-state index contributed by atoms with van der Waals surface area (Å²) >= 11 is 3.30. The molecular formula is C12H16N2OS2. The number of rotatable bonds is 5. The maximum Gasteiger partial charge on any atom is 0.256 e. The number of thiophene rings is 1. The van der Waals surface area contributed by atoms with Crippen molar-refractivity contribution in [2.45, 2.75) is 36.8 Å². The average Bonchev–Trinajstić information content (AvgIpc) is 2.96. The Morgan fingerprint density at radius 2 is 2.41 bits per heavy atom. The van der Waals surface area contributed by atoms with Crippen LogP contribution in [0.2, 0.25) is 0 Å². The molecule has 0 saturated carbocycles. The third-order valence-corrected chi connectivity index (χ3v) is 4.52. The summed E-state index contributed by atoms with van der Waals surface area (Å²) in [5.41, 5.74) is 8.34. The Balaban J connectivity index is 2.17.